The molecule has 2 aromatic carbocycles. The average molecular weight is 430 g/mol. The first-order valence-corrected chi connectivity index (χ1v) is 12.0. The Hall–Kier alpha value is -2.64. The molecule has 0 aliphatic carbocycles. The van der Waals surface area contributed by atoms with Crippen LogP contribution in [0.5, 0.6) is 5.75 Å². The zero-order valence-corrected chi connectivity index (χ0v) is 18.0. The summed E-state index contributed by atoms with van der Waals surface area (Å²) in [5.74, 6) is 0.580. The third kappa shape index (κ3) is 5.92. The number of methoxy groups -OCH3 is 1. The predicted molar refractivity (Wildman–Crippen MR) is 116 cm³/mol. The van der Waals surface area contributed by atoms with Crippen LogP contribution in [0.25, 0.3) is 0 Å². The molecule has 3 rings (SSSR count). The number of thiophene rings is 1. The van der Waals surface area contributed by atoms with E-state index >= 15 is 0 Å². The van der Waals surface area contributed by atoms with Gasteiger partial charge in [0.2, 0.25) is 0 Å². The number of sulfone groups is 1. The van der Waals surface area contributed by atoms with Crippen LogP contribution in [0.2, 0.25) is 0 Å². The Kier molecular flexibility index (Phi) is 6.71. The van der Waals surface area contributed by atoms with Crippen molar-refractivity contribution in [3.05, 3.63) is 87.6 Å². The highest BCUT2D eigenvalue weighted by atomic mass is 32.2. The smallest absolute Gasteiger partial charge is 0.254 e. The Morgan fingerprint density at radius 3 is 2.34 bits per heavy atom. The molecule has 1 amide bonds. The Balaban J connectivity index is 1.85. The van der Waals surface area contributed by atoms with Crippen molar-refractivity contribution in [2.24, 2.45) is 0 Å². The van der Waals surface area contributed by atoms with Crippen LogP contribution in [0.1, 0.15) is 26.4 Å². The van der Waals surface area contributed by atoms with Gasteiger partial charge in [-0.05, 0) is 35.2 Å². The largest absolute Gasteiger partial charge is 0.496 e. The van der Waals surface area contributed by atoms with Crippen LogP contribution >= 0.6 is 11.3 Å². The van der Waals surface area contributed by atoms with E-state index in [1.54, 1.807) is 47.6 Å². The highest BCUT2D eigenvalue weighted by Gasteiger charge is 2.19. The average Bonchev–Trinajstić information content (AvgIpc) is 3.20. The molecule has 0 fully saturated rings. The first-order chi connectivity index (χ1) is 13.9. The van der Waals surface area contributed by atoms with Crippen molar-refractivity contribution in [3.8, 4) is 5.75 Å². The Morgan fingerprint density at radius 1 is 1.00 bits per heavy atom. The Morgan fingerprint density at radius 2 is 1.72 bits per heavy atom. The molecule has 0 saturated carbocycles. The van der Waals surface area contributed by atoms with Crippen molar-refractivity contribution in [3.63, 3.8) is 0 Å². The van der Waals surface area contributed by atoms with Crippen LogP contribution in [-0.2, 0) is 28.7 Å². The van der Waals surface area contributed by atoms with Crippen molar-refractivity contribution in [2.45, 2.75) is 18.8 Å². The lowest BCUT2D eigenvalue weighted by atomic mass is 10.1. The zero-order valence-electron chi connectivity index (χ0n) is 16.4. The van der Waals surface area contributed by atoms with E-state index in [1.807, 2.05) is 41.8 Å². The number of carbonyl (C=O) groups is 1. The van der Waals surface area contributed by atoms with Gasteiger partial charge >= 0.3 is 0 Å². The molecule has 0 radical (unpaired) electrons. The van der Waals surface area contributed by atoms with Gasteiger partial charge in [0, 0.05) is 22.3 Å². The summed E-state index contributed by atoms with van der Waals surface area (Å²) in [5, 5.41) is 1.99. The maximum atomic E-state index is 13.2. The molecule has 0 aliphatic heterocycles. The third-order valence-electron chi connectivity index (χ3n) is 4.40. The zero-order chi connectivity index (χ0) is 20.9. The quantitative estimate of drug-likeness (QED) is 0.540. The second-order valence-corrected chi connectivity index (χ2v) is 9.99. The number of amides is 1. The summed E-state index contributed by atoms with van der Waals surface area (Å²) in [6.07, 6.45) is 1.20. The predicted octanol–water partition coefficient (Wildman–Crippen LogP) is 4.14. The van der Waals surface area contributed by atoms with Gasteiger partial charge in [0.15, 0.2) is 9.84 Å². The minimum atomic E-state index is -3.12. The van der Waals surface area contributed by atoms with Gasteiger partial charge in [-0.15, -0.1) is 11.3 Å². The summed E-state index contributed by atoms with van der Waals surface area (Å²) in [5.41, 5.74) is 2.11. The molecule has 1 heterocycles. The second kappa shape index (κ2) is 9.24. The maximum Gasteiger partial charge on any atom is 0.254 e. The molecule has 0 spiro atoms. The first kappa shape index (κ1) is 21.1. The van der Waals surface area contributed by atoms with Crippen molar-refractivity contribution in [1.82, 2.24) is 4.90 Å². The fourth-order valence-corrected chi connectivity index (χ4v) is 4.58. The molecule has 152 valence electrons. The standard InChI is InChI=1S/C22H23NO4S2/c1-27-21-8-4-3-6-19(21)14-23(15-20-7-5-13-28-20)22(24)18-11-9-17(10-12-18)16-29(2,25)26/h3-13H,14-16H2,1-2H3. The highest BCUT2D eigenvalue weighted by molar-refractivity contribution is 7.89. The van der Waals surface area contributed by atoms with E-state index in [9.17, 15) is 13.2 Å². The number of rotatable bonds is 8. The summed E-state index contributed by atoms with van der Waals surface area (Å²) < 4.78 is 28.4. The van der Waals surface area contributed by atoms with Gasteiger partial charge in [-0.3, -0.25) is 4.79 Å². The molecule has 0 aliphatic rings. The van der Waals surface area contributed by atoms with E-state index in [0.29, 0.717) is 24.2 Å². The molecule has 29 heavy (non-hydrogen) atoms. The molecular weight excluding hydrogens is 406 g/mol. The number of nitrogens with zero attached hydrogens (tertiary/aromatic N) is 1. The van der Waals surface area contributed by atoms with Crippen LogP contribution in [-0.4, -0.2) is 32.6 Å². The minimum Gasteiger partial charge on any atom is -0.496 e. The van der Waals surface area contributed by atoms with Gasteiger partial charge < -0.3 is 9.64 Å². The normalized spacial score (nSPS) is 11.2. The number of benzene rings is 2. The van der Waals surface area contributed by atoms with Crippen molar-refractivity contribution in [2.75, 3.05) is 13.4 Å². The molecule has 1 aromatic heterocycles. The topological polar surface area (TPSA) is 63.7 Å². The van der Waals surface area contributed by atoms with Gasteiger partial charge in [0.1, 0.15) is 5.75 Å². The molecule has 5 nitrogen and oxygen atoms in total. The fraction of sp³-hybridized carbons (Fsp3) is 0.227. The SMILES string of the molecule is COc1ccccc1CN(Cc1cccs1)C(=O)c1ccc(CS(C)(=O)=O)cc1. The maximum absolute atomic E-state index is 13.2. The van der Waals surface area contributed by atoms with Gasteiger partial charge in [0.05, 0.1) is 26.0 Å². The number of ether oxygens (including phenoxy) is 1. The van der Waals surface area contributed by atoms with E-state index in [-0.39, 0.29) is 11.7 Å². The van der Waals surface area contributed by atoms with Crippen molar-refractivity contribution >= 4 is 27.1 Å². The summed E-state index contributed by atoms with van der Waals surface area (Å²) >= 11 is 1.60. The summed E-state index contributed by atoms with van der Waals surface area (Å²) in [4.78, 5) is 16.1. The van der Waals surface area contributed by atoms with E-state index < -0.39 is 9.84 Å². The van der Waals surface area contributed by atoms with Gasteiger partial charge in [-0.2, -0.15) is 0 Å². The minimum absolute atomic E-state index is 0.0401. The summed E-state index contributed by atoms with van der Waals surface area (Å²) in [6, 6.07) is 18.4. The number of carbonyl (C=O) groups excluding carboxylic acids is 1. The van der Waals surface area contributed by atoms with E-state index in [0.717, 1.165) is 16.2 Å². The van der Waals surface area contributed by atoms with E-state index in [2.05, 4.69) is 0 Å². The molecule has 3 aromatic rings. The third-order valence-corrected chi connectivity index (χ3v) is 6.12. The lowest BCUT2D eigenvalue weighted by Gasteiger charge is -2.23. The van der Waals surface area contributed by atoms with Crippen LogP contribution in [0.4, 0.5) is 0 Å². The van der Waals surface area contributed by atoms with Crippen molar-refractivity contribution in [1.29, 1.82) is 0 Å². The summed E-state index contributed by atoms with van der Waals surface area (Å²) in [7, 11) is -1.50. The van der Waals surface area contributed by atoms with Gasteiger partial charge in [-0.25, -0.2) is 8.42 Å². The molecule has 0 N–H and O–H groups in total. The summed E-state index contributed by atoms with van der Waals surface area (Å²) in [6.45, 7) is 0.894. The second-order valence-electron chi connectivity index (χ2n) is 6.82. The fourth-order valence-electron chi connectivity index (χ4n) is 3.06. The number of hydrogen-bond donors (Lipinski definition) is 0. The number of hydrogen-bond acceptors (Lipinski definition) is 5. The van der Waals surface area contributed by atoms with Gasteiger partial charge in [-0.1, -0.05) is 36.4 Å². The first-order valence-electron chi connectivity index (χ1n) is 9.06. The monoisotopic (exact) mass is 429 g/mol. The van der Waals surface area contributed by atoms with Crippen molar-refractivity contribution < 1.29 is 17.9 Å². The molecule has 0 saturated heterocycles. The van der Waals surface area contributed by atoms with Crippen LogP contribution < -0.4 is 4.74 Å². The number of para-hydroxylation sites is 1. The molecule has 7 heteroatoms. The van der Waals surface area contributed by atoms with E-state index in [4.69, 9.17) is 4.74 Å². The molecule has 0 bridgehead atoms. The highest BCUT2D eigenvalue weighted by Crippen LogP contribution is 2.23. The van der Waals surface area contributed by atoms with Crippen LogP contribution in [0, 0.1) is 0 Å². The van der Waals surface area contributed by atoms with Gasteiger partial charge in [0.25, 0.3) is 5.91 Å². The Labute approximate surface area is 175 Å². The molecular formula is C22H23NO4S2. The lowest BCUT2D eigenvalue weighted by molar-refractivity contribution is 0.0730. The van der Waals surface area contributed by atoms with E-state index in [1.165, 1.54) is 6.26 Å². The van der Waals surface area contributed by atoms with Crippen LogP contribution in [0.15, 0.2) is 66.0 Å². The van der Waals surface area contributed by atoms with Crippen LogP contribution in [0.3, 0.4) is 0 Å². The molecule has 0 atom stereocenters. The molecule has 0 unspecified atom stereocenters. The lowest BCUT2D eigenvalue weighted by Crippen LogP contribution is -2.30. The Bertz CT molecular complexity index is 1060.